The Balaban J connectivity index is 1.56. The Labute approximate surface area is 152 Å². The minimum absolute atomic E-state index is 0.336. The van der Waals surface area contributed by atoms with Crippen molar-refractivity contribution in [2.75, 3.05) is 11.9 Å². The van der Waals surface area contributed by atoms with Gasteiger partial charge >= 0.3 is 6.18 Å². The Bertz CT molecular complexity index is 758. The zero-order chi connectivity index (χ0) is 18.6. The van der Waals surface area contributed by atoms with Crippen molar-refractivity contribution in [2.24, 2.45) is 0 Å². The van der Waals surface area contributed by atoms with Gasteiger partial charge in [-0.2, -0.15) is 13.2 Å². The van der Waals surface area contributed by atoms with Gasteiger partial charge in [0, 0.05) is 5.92 Å². The number of nitrogens with one attached hydrogen (secondary N) is 1. The lowest BCUT2D eigenvalue weighted by atomic mass is 9.90. The SMILES string of the molecule is O=C(COc1ccccc1C(F)(F)F)Nc1nnc(C2CCCCC2)s1. The molecular formula is C17H18F3N3O2S. The Hall–Kier alpha value is -2.16. The molecule has 1 fully saturated rings. The number of benzene rings is 1. The highest BCUT2D eigenvalue weighted by Crippen LogP contribution is 2.36. The van der Waals surface area contributed by atoms with Gasteiger partial charge in [0.2, 0.25) is 5.13 Å². The third kappa shape index (κ3) is 4.72. The van der Waals surface area contributed by atoms with Gasteiger partial charge in [-0.05, 0) is 25.0 Å². The zero-order valence-electron chi connectivity index (χ0n) is 13.9. The number of nitrogens with zero attached hydrogens (tertiary/aromatic N) is 2. The van der Waals surface area contributed by atoms with Gasteiger partial charge in [0.05, 0.1) is 5.56 Å². The van der Waals surface area contributed by atoms with Gasteiger partial charge in [0.15, 0.2) is 6.61 Å². The van der Waals surface area contributed by atoms with Gasteiger partial charge < -0.3 is 4.74 Å². The number of amides is 1. The van der Waals surface area contributed by atoms with Crippen molar-refractivity contribution in [1.29, 1.82) is 0 Å². The second kappa shape index (κ2) is 8.03. The Morgan fingerprint density at radius 3 is 2.65 bits per heavy atom. The first kappa shape index (κ1) is 18.6. The third-order valence-electron chi connectivity index (χ3n) is 4.19. The van der Waals surface area contributed by atoms with Gasteiger partial charge in [-0.15, -0.1) is 10.2 Å². The van der Waals surface area contributed by atoms with Crippen molar-refractivity contribution < 1.29 is 22.7 Å². The average molecular weight is 385 g/mol. The van der Waals surface area contributed by atoms with Crippen LogP contribution in [-0.4, -0.2) is 22.7 Å². The molecule has 0 spiro atoms. The molecule has 1 saturated carbocycles. The fraction of sp³-hybridized carbons (Fsp3) is 0.471. The van der Waals surface area contributed by atoms with E-state index < -0.39 is 24.3 Å². The molecule has 2 aromatic rings. The minimum Gasteiger partial charge on any atom is -0.483 e. The monoisotopic (exact) mass is 385 g/mol. The molecule has 1 amide bonds. The molecule has 0 aliphatic heterocycles. The van der Waals surface area contributed by atoms with Gasteiger partial charge in [-0.3, -0.25) is 10.1 Å². The number of ether oxygens (including phenoxy) is 1. The van der Waals surface area contributed by atoms with E-state index in [2.05, 4.69) is 15.5 Å². The molecule has 5 nitrogen and oxygen atoms in total. The lowest BCUT2D eigenvalue weighted by Crippen LogP contribution is -2.21. The largest absolute Gasteiger partial charge is 0.483 e. The molecule has 140 valence electrons. The number of aromatic nitrogens is 2. The van der Waals surface area contributed by atoms with Gasteiger partial charge in [-0.25, -0.2) is 0 Å². The Morgan fingerprint density at radius 1 is 1.19 bits per heavy atom. The second-order valence-electron chi connectivity index (χ2n) is 6.11. The van der Waals surface area contributed by atoms with E-state index in [-0.39, 0.29) is 5.75 Å². The van der Waals surface area contributed by atoms with Crippen LogP contribution in [0.25, 0.3) is 0 Å². The zero-order valence-corrected chi connectivity index (χ0v) is 14.7. The number of hydrogen-bond donors (Lipinski definition) is 1. The summed E-state index contributed by atoms with van der Waals surface area (Å²) in [6.07, 6.45) is 1.16. The highest BCUT2D eigenvalue weighted by molar-refractivity contribution is 7.15. The van der Waals surface area contributed by atoms with Crippen LogP contribution in [0, 0.1) is 0 Å². The quantitative estimate of drug-likeness (QED) is 0.816. The lowest BCUT2D eigenvalue weighted by molar-refractivity contribution is -0.139. The fourth-order valence-electron chi connectivity index (χ4n) is 2.92. The van der Waals surface area contributed by atoms with Crippen molar-refractivity contribution in [3.63, 3.8) is 0 Å². The number of anilines is 1. The number of para-hydroxylation sites is 1. The van der Waals surface area contributed by atoms with E-state index in [9.17, 15) is 18.0 Å². The summed E-state index contributed by atoms with van der Waals surface area (Å²) in [4.78, 5) is 12.0. The van der Waals surface area contributed by atoms with E-state index >= 15 is 0 Å². The molecule has 3 rings (SSSR count). The predicted molar refractivity (Wildman–Crippen MR) is 91.3 cm³/mol. The second-order valence-corrected chi connectivity index (χ2v) is 7.12. The van der Waals surface area contributed by atoms with Crippen molar-refractivity contribution >= 4 is 22.4 Å². The first-order valence-electron chi connectivity index (χ1n) is 8.36. The standard InChI is InChI=1S/C17H18F3N3O2S/c18-17(19,20)12-8-4-5-9-13(12)25-10-14(24)21-16-23-22-15(26-16)11-6-2-1-3-7-11/h4-5,8-9,11H,1-3,6-7,10H2,(H,21,23,24). The van der Waals surface area contributed by atoms with Crippen LogP contribution in [-0.2, 0) is 11.0 Å². The molecule has 0 unspecified atom stereocenters. The van der Waals surface area contributed by atoms with Gasteiger partial charge in [0.25, 0.3) is 5.91 Å². The van der Waals surface area contributed by atoms with E-state index in [1.165, 1.54) is 48.8 Å². The summed E-state index contributed by atoms with van der Waals surface area (Å²) in [5, 5.41) is 11.8. The van der Waals surface area contributed by atoms with Crippen molar-refractivity contribution in [3.05, 3.63) is 34.8 Å². The summed E-state index contributed by atoms with van der Waals surface area (Å²) in [7, 11) is 0. The maximum absolute atomic E-state index is 12.9. The predicted octanol–water partition coefficient (Wildman–Crippen LogP) is 4.62. The fourth-order valence-corrected chi connectivity index (χ4v) is 3.85. The van der Waals surface area contributed by atoms with Crippen molar-refractivity contribution in [1.82, 2.24) is 10.2 Å². The smallest absolute Gasteiger partial charge is 0.419 e. The highest BCUT2D eigenvalue weighted by atomic mass is 32.1. The molecule has 0 bridgehead atoms. The van der Waals surface area contributed by atoms with Crippen molar-refractivity contribution in [3.8, 4) is 5.75 Å². The van der Waals surface area contributed by atoms with Crippen LogP contribution in [0.5, 0.6) is 5.75 Å². The molecule has 1 N–H and O–H groups in total. The lowest BCUT2D eigenvalue weighted by Gasteiger charge is -2.18. The summed E-state index contributed by atoms with van der Waals surface area (Å²) in [6.45, 7) is -0.536. The highest BCUT2D eigenvalue weighted by Gasteiger charge is 2.34. The third-order valence-corrected chi connectivity index (χ3v) is 5.19. The molecule has 1 aliphatic rings. The van der Waals surface area contributed by atoms with Crippen LogP contribution in [0.2, 0.25) is 0 Å². The molecule has 1 aromatic carbocycles. The maximum atomic E-state index is 12.9. The van der Waals surface area contributed by atoms with Gasteiger partial charge in [0.1, 0.15) is 10.8 Å². The summed E-state index contributed by atoms with van der Waals surface area (Å²) >= 11 is 1.31. The molecule has 0 atom stereocenters. The van der Waals surface area contributed by atoms with Crippen LogP contribution in [0.15, 0.2) is 24.3 Å². The first-order chi connectivity index (χ1) is 12.4. The van der Waals surface area contributed by atoms with Crippen molar-refractivity contribution in [2.45, 2.75) is 44.2 Å². The first-order valence-corrected chi connectivity index (χ1v) is 9.17. The summed E-state index contributed by atoms with van der Waals surface area (Å²) < 4.78 is 43.8. The number of rotatable bonds is 5. The van der Waals surface area contributed by atoms with Gasteiger partial charge in [-0.1, -0.05) is 42.7 Å². The average Bonchev–Trinajstić information content (AvgIpc) is 3.09. The maximum Gasteiger partial charge on any atom is 0.419 e. The number of carbonyl (C=O) groups is 1. The molecule has 1 aliphatic carbocycles. The van der Waals surface area contributed by atoms with Crippen LogP contribution in [0.4, 0.5) is 18.3 Å². The Morgan fingerprint density at radius 2 is 1.92 bits per heavy atom. The molecule has 0 saturated heterocycles. The minimum atomic E-state index is -4.54. The number of halogens is 3. The summed E-state index contributed by atoms with van der Waals surface area (Å²) in [5.74, 6) is -0.578. The number of hydrogen-bond acceptors (Lipinski definition) is 5. The van der Waals surface area contributed by atoms with E-state index in [1.807, 2.05) is 0 Å². The topological polar surface area (TPSA) is 64.1 Å². The number of alkyl halides is 3. The van der Waals surface area contributed by atoms with E-state index in [1.54, 1.807) is 0 Å². The van der Waals surface area contributed by atoms with Crippen LogP contribution in [0.3, 0.4) is 0 Å². The van der Waals surface area contributed by atoms with Crippen LogP contribution >= 0.6 is 11.3 Å². The molecule has 9 heteroatoms. The summed E-state index contributed by atoms with van der Waals surface area (Å²) in [5.41, 5.74) is -0.914. The van der Waals surface area contributed by atoms with E-state index in [4.69, 9.17) is 4.74 Å². The summed E-state index contributed by atoms with van der Waals surface area (Å²) in [6, 6.07) is 4.78. The normalized spacial score (nSPS) is 15.7. The molecule has 26 heavy (non-hydrogen) atoms. The van der Waals surface area contributed by atoms with E-state index in [0.717, 1.165) is 23.9 Å². The number of carbonyl (C=O) groups excluding carboxylic acids is 1. The van der Waals surface area contributed by atoms with E-state index in [0.29, 0.717) is 11.0 Å². The molecule has 1 aromatic heterocycles. The Kier molecular flexibility index (Phi) is 5.75. The van der Waals surface area contributed by atoms with Crippen LogP contribution < -0.4 is 10.1 Å². The van der Waals surface area contributed by atoms with Crippen LogP contribution in [0.1, 0.15) is 48.6 Å². The molecular weight excluding hydrogens is 367 g/mol. The molecule has 1 heterocycles. The molecule has 0 radical (unpaired) electrons.